The first-order valence-electron chi connectivity index (χ1n) is 7.34. The number of benzene rings is 1. The van der Waals surface area contributed by atoms with Crippen molar-refractivity contribution in [3.8, 4) is 0 Å². The number of sulfonamides is 1. The molecule has 6 heteroatoms. The zero-order chi connectivity index (χ0) is 15.3. The van der Waals surface area contributed by atoms with Crippen LogP contribution in [0.15, 0.2) is 30.3 Å². The number of hydrogen-bond acceptors (Lipinski definition) is 3. The second-order valence-corrected chi connectivity index (χ2v) is 7.48. The Bertz CT molecular complexity index is 576. The Morgan fingerprint density at radius 2 is 1.71 bits per heavy atom. The van der Waals surface area contributed by atoms with Gasteiger partial charge in [0.15, 0.2) is 0 Å². The number of nitrogens with two attached hydrogens (primary N) is 1. The lowest BCUT2D eigenvalue weighted by Gasteiger charge is -2.32. The molecule has 2 rings (SSSR count). The van der Waals surface area contributed by atoms with E-state index in [1.807, 2.05) is 18.2 Å². The second kappa shape index (κ2) is 6.58. The Kier molecular flexibility index (Phi) is 5.00. The van der Waals surface area contributed by atoms with Crippen LogP contribution in [0, 0.1) is 5.41 Å². The molecular formula is C15H23N3O2S. The summed E-state index contributed by atoms with van der Waals surface area (Å²) >= 11 is 0. The molecule has 0 heterocycles. The molecule has 1 fully saturated rings. The third-order valence-corrected chi connectivity index (χ3v) is 5.44. The van der Waals surface area contributed by atoms with E-state index in [1.54, 1.807) is 12.1 Å². The zero-order valence-electron chi connectivity index (χ0n) is 12.1. The Labute approximate surface area is 126 Å². The summed E-state index contributed by atoms with van der Waals surface area (Å²) in [5.74, 6) is -0.149. The number of hydrogen-bond donors (Lipinski definition) is 3. The van der Waals surface area contributed by atoms with Crippen molar-refractivity contribution in [3.63, 3.8) is 0 Å². The van der Waals surface area contributed by atoms with Gasteiger partial charge in [0.25, 0.3) is 0 Å². The summed E-state index contributed by atoms with van der Waals surface area (Å²) in [5, 5.41) is 7.84. The molecule has 4 N–H and O–H groups in total. The van der Waals surface area contributed by atoms with Crippen molar-refractivity contribution in [1.29, 1.82) is 5.41 Å². The predicted molar refractivity (Wildman–Crippen MR) is 84.5 cm³/mol. The molecule has 1 saturated carbocycles. The molecule has 0 amide bonds. The van der Waals surface area contributed by atoms with E-state index < -0.39 is 15.6 Å². The van der Waals surface area contributed by atoms with Crippen molar-refractivity contribution in [1.82, 2.24) is 4.72 Å². The highest BCUT2D eigenvalue weighted by Crippen LogP contribution is 2.28. The van der Waals surface area contributed by atoms with Crippen LogP contribution in [0.3, 0.4) is 0 Å². The standard InChI is InChI=1S/C15H23N3O2S/c16-14(17)15(10-6-1-2-7-11-15)18-21(19,20)12-13-8-4-3-5-9-13/h3-5,8-9,18H,1-2,6-7,10-12H2,(H3,16,17). The minimum absolute atomic E-state index is 0.0685. The first-order valence-corrected chi connectivity index (χ1v) is 8.99. The van der Waals surface area contributed by atoms with Gasteiger partial charge in [-0.1, -0.05) is 56.0 Å². The fourth-order valence-electron chi connectivity index (χ4n) is 2.89. The summed E-state index contributed by atoms with van der Waals surface area (Å²) < 4.78 is 27.6. The third-order valence-electron chi connectivity index (χ3n) is 4.02. The summed E-state index contributed by atoms with van der Waals surface area (Å²) in [4.78, 5) is 0. The average Bonchev–Trinajstić information content (AvgIpc) is 2.65. The van der Waals surface area contributed by atoms with Gasteiger partial charge in [-0.15, -0.1) is 0 Å². The van der Waals surface area contributed by atoms with Crippen LogP contribution in [0.1, 0.15) is 44.1 Å². The quantitative estimate of drug-likeness (QED) is 0.441. The minimum atomic E-state index is -3.52. The number of rotatable bonds is 5. The molecule has 0 bridgehead atoms. The van der Waals surface area contributed by atoms with Gasteiger partial charge in [0.2, 0.25) is 10.0 Å². The highest BCUT2D eigenvalue weighted by Gasteiger charge is 2.37. The van der Waals surface area contributed by atoms with Crippen molar-refractivity contribution in [2.75, 3.05) is 0 Å². The van der Waals surface area contributed by atoms with Crippen LogP contribution in [0.25, 0.3) is 0 Å². The summed E-state index contributed by atoms with van der Waals surface area (Å²) in [5.41, 5.74) is 5.56. The van der Waals surface area contributed by atoms with E-state index >= 15 is 0 Å². The van der Waals surface area contributed by atoms with Gasteiger partial charge in [0.1, 0.15) is 5.84 Å². The molecule has 1 aromatic rings. The molecule has 1 aliphatic rings. The molecule has 0 unspecified atom stereocenters. The van der Waals surface area contributed by atoms with Gasteiger partial charge in [-0.3, -0.25) is 5.41 Å². The Morgan fingerprint density at radius 1 is 1.14 bits per heavy atom. The van der Waals surface area contributed by atoms with Crippen LogP contribution in [-0.2, 0) is 15.8 Å². The molecule has 0 saturated heterocycles. The van der Waals surface area contributed by atoms with Gasteiger partial charge < -0.3 is 5.73 Å². The van der Waals surface area contributed by atoms with Crippen molar-refractivity contribution >= 4 is 15.9 Å². The molecule has 5 nitrogen and oxygen atoms in total. The lowest BCUT2D eigenvalue weighted by molar-refractivity contribution is 0.434. The summed E-state index contributed by atoms with van der Waals surface area (Å²) in [6.45, 7) is 0. The predicted octanol–water partition coefficient (Wildman–Crippen LogP) is 2.13. The van der Waals surface area contributed by atoms with E-state index in [0.717, 1.165) is 31.2 Å². The topological polar surface area (TPSA) is 96.0 Å². The van der Waals surface area contributed by atoms with Crippen LogP contribution < -0.4 is 10.5 Å². The van der Waals surface area contributed by atoms with Gasteiger partial charge in [-0.05, 0) is 18.4 Å². The maximum absolute atomic E-state index is 12.4. The average molecular weight is 309 g/mol. The van der Waals surface area contributed by atoms with Gasteiger partial charge in [0, 0.05) is 0 Å². The summed E-state index contributed by atoms with van der Waals surface area (Å²) in [6.07, 6.45) is 5.14. The van der Waals surface area contributed by atoms with Crippen molar-refractivity contribution in [2.24, 2.45) is 5.73 Å². The van der Waals surface area contributed by atoms with Crippen LogP contribution in [0.4, 0.5) is 0 Å². The Balaban J connectivity index is 2.17. The first-order chi connectivity index (χ1) is 9.94. The second-order valence-electron chi connectivity index (χ2n) is 5.76. The molecule has 0 aliphatic heterocycles. The SMILES string of the molecule is N=C(N)C1(NS(=O)(=O)Cc2ccccc2)CCCCCC1. The normalized spacial score (nSPS) is 18.9. The molecule has 0 atom stereocenters. The zero-order valence-corrected chi connectivity index (χ0v) is 13.0. The summed E-state index contributed by atoms with van der Waals surface area (Å²) in [6, 6.07) is 9.06. The molecule has 0 aromatic heterocycles. The van der Waals surface area contributed by atoms with Crippen molar-refractivity contribution < 1.29 is 8.42 Å². The molecular weight excluding hydrogens is 286 g/mol. The van der Waals surface area contributed by atoms with E-state index in [4.69, 9.17) is 11.1 Å². The third kappa shape index (κ3) is 4.28. The van der Waals surface area contributed by atoms with E-state index in [-0.39, 0.29) is 11.6 Å². The van der Waals surface area contributed by atoms with Crippen molar-refractivity contribution in [2.45, 2.75) is 49.8 Å². The monoisotopic (exact) mass is 309 g/mol. The van der Waals surface area contributed by atoms with Gasteiger partial charge in [0.05, 0.1) is 11.3 Å². The molecule has 116 valence electrons. The lowest BCUT2D eigenvalue weighted by Crippen LogP contribution is -2.57. The highest BCUT2D eigenvalue weighted by atomic mass is 32.2. The molecule has 0 radical (unpaired) electrons. The van der Waals surface area contributed by atoms with Crippen LogP contribution in [0.2, 0.25) is 0 Å². The Morgan fingerprint density at radius 3 is 2.24 bits per heavy atom. The smallest absolute Gasteiger partial charge is 0.216 e. The fourth-order valence-corrected chi connectivity index (χ4v) is 4.50. The van der Waals surface area contributed by atoms with Gasteiger partial charge >= 0.3 is 0 Å². The molecule has 21 heavy (non-hydrogen) atoms. The van der Waals surface area contributed by atoms with E-state index in [2.05, 4.69) is 4.72 Å². The maximum Gasteiger partial charge on any atom is 0.216 e. The summed E-state index contributed by atoms with van der Waals surface area (Å²) in [7, 11) is -3.52. The molecule has 1 aromatic carbocycles. The minimum Gasteiger partial charge on any atom is -0.386 e. The van der Waals surface area contributed by atoms with Crippen LogP contribution >= 0.6 is 0 Å². The Hall–Kier alpha value is -1.40. The van der Waals surface area contributed by atoms with E-state index in [0.29, 0.717) is 12.8 Å². The molecule has 0 spiro atoms. The van der Waals surface area contributed by atoms with Gasteiger partial charge in [-0.25, -0.2) is 13.1 Å². The largest absolute Gasteiger partial charge is 0.386 e. The fraction of sp³-hybridized carbons (Fsp3) is 0.533. The van der Waals surface area contributed by atoms with Crippen LogP contribution in [0.5, 0.6) is 0 Å². The van der Waals surface area contributed by atoms with Crippen molar-refractivity contribution in [3.05, 3.63) is 35.9 Å². The lowest BCUT2D eigenvalue weighted by atomic mass is 9.90. The highest BCUT2D eigenvalue weighted by molar-refractivity contribution is 7.88. The number of amidine groups is 1. The molecule has 1 aliphatic carbocycles. The first kappa shape index (κ1) is 16.0. The van der Waals surface area contributed by atoms with E-state index in [9.17, 15) is 8.42 Å². The number of nitrogens with one attached hydrogen (secondary N) is 2. The van der Waals surface area contributed by atoms with Gasteiger partial charge in [-0.2, -0.15) is 0 Å². The van der Waals surface area contributed by atoms with E-state index in [1.165, 1.54) is 0 Å². The van der Waals surface area contributed by atoms with Crippen LogP contribution in [-0.4, -0.2) is 19.8 Å². The maximum atomic E-state index is 12.4.